The van der Waals surface area contributed by atoms with Crippen LogP contribution in [0.1, 0.15) is 42.3 Å². The molecule has 27 heavy (non-hydrogen) atoms. The zero-order valence-corrected chi connectivity index (χ0v) is 16.1. The van der Waals surface area contributed by atoms with Gasteiger partial charge in [0.15, 0.2) is 0 Å². The quantitative estimate of drug-likeness (QED) is 0.619. The van der Waals surface area contributed by atoms with Gasteiger partial charge in [0.1, 0.15) is 11.6 Å². The number of phenolic OH excluding ortho intramolecular Hbond substituents is 1. The molecule has 0 atom stereocenters. The molecule has 0 saturated heterocycles. The Hall–Kier alpha value is -2.82. The van der Waals surface area contributed by atoms with E-state index in [-0.39, 0.29) is 5.69 Å². The number of aromatic nitrogens is 3. The molecule has 0 unspecified atom stereocenters. The number of benzene rings is 2. The molecule has 2 aromatic carbocycles. The fraction of sp³-hybridized carbons (Fsp3) is 0.364. The topological polar surface area (TPSA) is 60.0 Å². The van der Waals surface area contributed by atoms with Gasteiger partial charge in [0, 0.05) is 13.0 Å². The molecule has 0 aliphatic heterocycles. The Labute approximate surface area is 159 Å². The molecule has 0 spiro atoms. The van der Waals surface area contributed by atoms with Crippen molar-refractivity contribution in [3.8, 4) is 5.75 Å². The summed E-state index contributed by atoms with van der Waals surface area (Å²) in [5, 5.41) is 13.9. The minimum atomic E-state index is -0.0355. The van der Waals surface area contributed by atoms with Gasteiger partial charge in [0.2, 0.25) is 0 Å². The van der Waals surface area contributed by atoms with Gasteiger partial charge >= 0.3 is 5.69 Å². The number of nitrogens with zero attached hydrogens (tertiary/aromatic N) is 3. The van der Waals surface area contributed by atoms with Gasteiger partial charge < -0.3 is 5.11 Å². The molecule has 0 fully saturated rings. The monoisotopic (exact) mass is 365 g/mol. The largest absolute Gasteiger partial charge is 0.508 e. The molecule has 1 aromatic heterocycles. The summed E-state index contributed by atoms with van der Waals surface area (Å²) in [5.41, 5.74) is 3.47. The van der Waals surface area contributed by atoms with E-state index in [1.54, 1.807) is 21.4 Å². The molecule has 0 saturated carbocycles. The first kappa shape index (κ1) is 19.0. The lowest BCUT2D eigenvalue weighted by atomic mass is 10.1. The van der Waals surface area contributed by atoms with Crippen molar-refractivity contribution >= 4 is 0 Å². The highest BCUT2D eigenvalue weighted by atomic mass is 16.3. The molecular weight excluding hydrogens is 338 g/mol. The second-order valence-corrected chi connectivity index (χ2v) is 6.96. The molecule has 5 heteroatoms. The maximum Gasteiger partial charge on any atom is 0.346 e. The van der Waals surface area contributed by atoms with Crippen molar-refractivity contribution in [2.24, 2.45) is 0 Å². The van der Waals surface area contributed by atoms with Crippen molar-refractivity contribution in [1.29, 1.82) is 0 Å². The maximum atomic E-state index is 12.6. The summed E-state index contributed by atoms with van der Waals surface area (Å²) in [5.74, 6) is 1.16. The summed E-state index contributed by atoms with van der Waals surface area (Å²) in [6, 6.07) is 15.5. The second-order valence-electron chi connectivity index (χ2n) is 6.96. The minimum absolute atomic E-state index is 0.0355. The number of aryl methyl sites for hydroxylation is 3. The van der Waals surface area contributed by atoms with E-state index in [2.05, 4.69) is 24.2 Å². The molecule has 0 radical (unpaired) electrons. The van der Waals surface area contributed by atoms with E-state index in [4.69, 9.17) is 0 Å². The predicted molar refractivity (Wildman–Crippen MR) is 107 cm³/mol. The average molecular weight is 365 g/mol. The number of hydrogen-bond acceptors (Lipinski definition) is 3. The van der Waals surface area contributed by atoms with Gasteiger partial charge in [-0.3, -0.25) is 4.57 Å². The lowest BCUT2D eigenvalue weighted by molar-refractivity contribution is 0.475. The van der Waals surface area contributed by atoms with Crippen molar-refractivity contribution in [1.82, 2.24) is 14.3 Å². The van der Waals surface area contributed by atoms with Gasteiger partial charge in [0.05, 0.1) is 6.54 Å². The highest BCUT2D eigenvalue weighted by molar-refractivity contribution is 5.26. The predicted octanol–water partition coefficient (Wildman–Crippen LogP) is 3.69. The highest BCUT2D eigenvalue weighted by Gasteiger charge is 2.12. The van der Waals surface area contributed by atoms with Crippen LogP contribution in [0.15, 0.2) is 53.3 Å². The Morgan fingerprint density at radius 2 is 1.56 bits per heavy atom. The summed E-state index contributed by atoms with van der Waals surface area (Å²) >= 11 is 0. The van der Waals surface area contributed by atoms with Crippen LogP contribution < -0.4 is 5.69 Å². The molecule has 1 heterocycles. The Kier molecular flexibility index (Phi) is 6.12. The van der Waals surface area contributed by atoms with Gasteiger partial charge in [-0.1, -0.05) is 42.0 Å². The fourth-order valence-corrected chi connectivity index (χ4v) is 3.23. The molecule has 0 bridgehead atoms. The molecule has 0 aliphatic carbocycles. The number of unbranched alkanes of at least 4 members (excludes halogenated alkanes) is 1. The molecule has 0 aliphatic rings. The van der Waals surface area contributed by atoms with E-state index < -0.39 is 0 Å². The van der Waals surface area contributed by atoms with Crippen molar-refractivity contribution in [3.63, 3.8) is 0 Å². The van der Waals surface area contributed by atoms with Crippen LogP contribution in [0.5, 0.6) is 5.75 Å². The van der Waals surface area contributed by atoms with Crippen molar-refractivity contribution in [2.45, 2.75) is 52.6 Å². The third-order valence-corrected chi connectivity index (χ3v) is 4.82. The van der Waals surface area contributed by atoms with E-state index in [0.717, 1.165) is 37.1 Å². The number of rotatable bonds is 8. The van der Waals surface area contributed by atoms with E-state index in [9.17, 15) is 9.90 Å². The van der Waals surface area contributed by atoms with Crippen LogP contribution >= 0.6 is 0 Å². The summed E-state index contributed by atoms with van der Waals surface area (Å²) in [6.45, 7) is 5.18. The molecule has 5 nitrogen and oxygen atoms in total. The SMILES string of the molecule is CCn1c(CCCCc2ccc(O)cc2)nn(Cc2ccc(C)cc2)c1=O. The summed E-state index contributed by atoms with van der Waals surface area (Å²) in [4.78, 5) is 12.6. The molecule has 142 valence electrons. The molecule has 0 amide bonds. The summed E-state index contributed by atoms with van der Waals surface area (Å²) < 4.78 is 3.35. The zero-order valence-electron chi connectivity index (χ0n) is 16.1. The Morgan fingerprint density at radius 1 is 0.926 bits per heavy atom. The van der Waals surface area contributed by atoms with Gasteiger partial charge in [-0.05, 0) is 56.4 Å². The first-order chi connectivity index (χ1) is 13.1. The van der Waals surface area contributed by atoms with Crippen LogP contribution in [0.3, 0.4) is 0 Å². The standard InChI is InChI=1S/C22H27N3O2/c1-3-24-21(7-5-4-6-18-12-14-20(26)15-13-18)23-25(22(24)27)16-19-10-8-17(2)9-11-19/h8-15,26H,3-7,16H2,1-2H3. The normalized spacial score (nSPS) is 11.0. The van der Waals surface area contributed by atoms with Gasteiger partial charge in [-0.15, -0.1) is 0 Å². The van der Waals surface area contributed by atoms with E-state index in [1.165, 1.54) is 11.1 Å². The average Bonchev–Trinajstić information content (AvgIpc) is 2.97. The molecule has 3 rings (SSSR count). The molecule has 3 aromatic rings. The number of hydrogen-bond donors (Lipinski definition) is 1. The summed E-state index contributed by atoms with van der Waals surface area (Å²) in [7, 11) is 0. The Balaban J connectivity index is 1.62. The third kappa shape index (κ3) is 4.88. The molecular formula is C22H27N3O2. The highest BCUT2D eigenvalue weighted by Crippen LogP contribution is 2.13. The van der Waals surface area contributed by atoms with E-state index in [0.29, 0.717) is 18.8 Å². The third-order valence-electron chi connectivity index (χ3n) is 4.82. The van der Waals surface area contributed by atoms with Crippen LogP contribution in [0, 0.1) is 6.92 Å². The van der Waals surface area contributed by atoms with E-state index in [1.807, 2.05) is 31.2 Å². The van der Waals surface area contributed by atoms with Crippen molar-refractivity contribution in [2.75, 3.05) is 0 Å². The van der Waals surface area contributed by atoms with Crippen molar-refractivity contribution in [3.05, 3.63) is 81.5 Å². The summed E-state index contributed by atoms with van der Waals surface area (Å²) in [6.07, 6.45) is 3.75. The number of aromatic hydroxyl groups is 1. The van der Waals surface area contributed by atoms with Gasteiger partial charge in [-0.25, -0.2) is 9.48 Å². The maximum absolute atomic E-state index is 12.6. The lowest BCUT2D eigenvalue weighted by Crippen LogP contribution is -2.25. The fourth-order valence-electron chi connectivity index (χ4n) is 3.23. The first-order valence-corrected chi connectivity index (χ1v) is 9.57. The minimum Gasteiger partial charge on any atom is -0.508 e. The zero-order chi connectivity index (χ0) is 19.2. The van der Waals surface area contributed by atoms with Crippen LogP contribution in [0.2, 0.25) is 0 Å². The van der Waals surface area contributed by atoms with Gasteiger partial charge in [-0.2, -0.15) is 5.10 Å². The van der Waals surface area contributed by atoms with Gasteiger partial charge in [0.25, 0.3) is 0 Å². The van der Waals surface area contributed by atoms with Crippen LogP contribution in [-0.4, -0.2) is 19.5 Å². The van der Waals surface area contributed by atoms with Crippen molar-refractivity contribution < 1.29 is 5.11 Å². The Bertz CT molecular complexity index is 922. The van der Waals surface area contributed by atoms with E-state index >= 15 is 0 Å². The Morgan fingerprint density at radius 3 is 2.22 bits per heavy atom. The van der Waals surface area contributed by atoms with Crippen LogP contribution in [0.25, 0.3) is 0 Å². The van der Waals surface area contributed by atoms with Crippen LogP contribution in [0.4, 0.5) is 0 Å². The number of phenols is 1. The molecule has 1 N–H and O–H groups in total. The van der Waals surface area contributed by atoms with Crippen LogP contribution in [-0.2, 0) is 25.9 Å². The lowest BCUT2D eigenvalue weighted by Gasteiger charge is -2.03. The smallest absolute Gasteiger partial charge is 0.346 e. The second kappa shape index (κ2) is 8.71. The first-order valence-electron chi connectivity index (χ1n) is 9.57.